The number of anilines is 1. The summed E-state index contributed by atoms with van der Waals surface area (Å²) in [6, 6.07) is 10.8. The van der Waals surface area contributed by atoms with Crippen molar-refractivity contribution in [1.29, 1.82) is 0 Å². The molecule has 6 nitrogen and oxygen atoms in total. The quantitative estimate of drug-likeness (QED) is 0.758. The van der Waals surface area contributed by atoms with E-state index in [1.165, 1.54) is 0 Å². The highest BCUT2D eigenvalue weighted by Crippen LogP contribution is 2.47. The van der Waals surface area contributed by atoms with Crippen LogP contribution in [0, 0.1) is 5.41 Å². The van der Waals surface area contributed by atoms with Crippen LogP contribution in [0.25, 0.3) is 0 Å². The first-order chi connectivity index (χ1) is 12.0. The van der Waals surface area contributed by atoms with Gasteiger partial charge in [-0.3, -0.25) is 9.59 Å². The van der Waals surface area contributed by atoms with E-state index < -0.39 is 5.41 Å². The second-order valence-corrected chi connectivity index (χ2v) is 6.46. The van der Waals surface area contributed by atoms with Crippen LogP contribution in [0.4, 0.5) is 5.69 Å². The van der Waals surface area contributed by atoms with Gasteiger partial charge in [0.25, 0.3) is 0 Å². The Kier molecular flexibility index (Phi) is 4.79. The molecule has 132 valence electrons. The Labute approximate surface area is 146 Å². The Morgan fingerprint density at radius 3 is 2.56 bits per heavy atom. The Bertz CT molecular complexity index is 749. The molecule has 2 aromatic rings. The van der Waals surface area contributed by atoms with Gasteiger partial charge in [0, 0.05) is 0 Å². The summed E-state index contributed by atoms with van der Waals surface area (Å²) >= 11 is 0. The molecule has 25 heavy (non-hydrogen) atoms. The Hall–Kier alpha value is -2.76. The first-order valence-corrected chi connectivity index (χ1v) is 8.39. The molecule has 1 aromatic carbocycles. The zero-order valence-electron chi connectivity index (χ0n) is 14.4. The van der Waals surface area contributed by atoms with Crippen molar-refractivity contribution in [1.82, 2.24) is 5.32 Å². The molecule has 1 aromatic heterocycles. The zero-order valence-corrected chi connectivity index (χ0v) is 14.4. The molecule has 3 rings (SSSR count). The normalized spacial score (nSPS) is 14.8. The van der Waals surface area contributed by atoms with Crippen molar-refractivity contribution in [2.45, 2.75) is 39.3 Å². The van der Waals surface area contributed by atoms with E-state index in [0.717, 1.165) is 0 Å². The van der Waals surface area contributed by atoms with Crippen LogP contribution in [0.15, 0.2) is 47.1 Å². The lowest BCUT2D eigenvalue weighted by atomic mass is 10.0. The number of carbonyl (C=O) groups excluding carboxylic acids is 2. The number of para-hydroxylation sites is 2. The Morgan fingerprint density at radius 2 is 1.92 bits per heavy atom. The van der Waals surface area contributed by atoms with Crippen molar-refractivity contribution in [3.8, 4) is 5.75 Å². The predicted molar refractivity (Wildman–Crippen MR) is 93.1 cm³/mol. The SMILES string of the molecule is CC(C)Oc1ccccc1NC(=O)C1(C(=O)NCc2ccco2)CC1. The van der Waals surface area contributed by atoms with Gasteiger partial charge in [-0.25, -0.2) is 0 Å². The standard InChI is InChI=1S/C19H22N2O4/c1-13(2)25-16-8-4-3-7-15(16)21-18(23)19(9-10-19)17(22)20-12-14-6-5-11-24-14/h3-8,11,13H,9-10,12H2,1-2H3,(H,20,22)(H,21,23). The van der Waals surface area contributed by atoms with Gasteiger partial charge < -0.3 is 19.8 Å². The number of ether oxygens (including phenoxy) is 1. The monoisotopic (exact) mass is 342 g/mol. The minimum atomic E-state index is -1.00. The first kappa shape index (κ1) is 17.1. The van der Waals surface area contributed by atoms with Crippen LogP contribution in [0.3, 0.4) is 0 Å². The Morgan fingerprint density at radius 1 is 1.16 bits per heavy atom. The fraction of sp³-hybridized carbons (Fsp3) is 0.368. The maximum atomic E-state index is 12.7. The molecule has 0 radical (unpaired) electrons. The maximum Gasteiger partial charge on any atom is 0.240 e. The minimum Gasteiger partial charge on any atom is -0.489 e. The van der Waals surface area contributed by atoms with Crippen LogP contribution in [0.2, 0.25) is 0 Å². The van der Waals surface area contributed by atoms with Gasteiger partial charge in [-0.1, -0.05) is 12.1 Å². The fourth-order valence-electron chi connectivity index (χ4n) is 2.60. The number of nitrogens with one attached hydrogen (secondary N) is 2. The molecule has 0 bridgehead atoms. The number of hydrogen-bond acceptors (Lipinski definition) is 4. The van der Waals surface area contributed by atoms with Crippen molar-refractivity contribution >= 4 is 17.5 Å². The van der Waals surface area contributed by atoms with Crippen LogP contribution >= 0.6 is 0 Å². The van der Waals surface area contributed by atoms with E-state index in [-0.39, 0.29) is 24.5 Å². The van der Waals surface area contributed by atoms with E-state index in [2.05, 4.69) is 10.6 Å². The number of benzene rings is 1. The highest BCUT2D eigenvalue weighted by Gasteiger charge is 2.56. The van der Waals surface area contributed by atoms with Gasteiger partial charge in [-0.05, 0) is 51.0 Å². The molecular weight excluding hydrogens is 320 g/mol. The third kappa shape index (κ3) is 3.84. The molecule has 0 unspecified atom stereocenters. The summed E-state index contributed by atoms with van der Waals surface area (Å²) in [5.41, 5.74) is -0.427. The number of rotatable bonds is 7. The highest BCUT2D eigenvalue weighted by atomic mass is 16.5. The fourth-order valence-corrected chi connectivity index (χ4v) is 2.60. The van der Waals surface area contributed by atoms with Crippen molar-refractivity contribution in [2.24, 2.45) is 5.41 Å². The van der Waals surface area contributed by atoms with Gasteiger partial charge in [0.15, 0.2) is 0 Å². The highest BCUT2D eigenvalue weighted by molar-refractivity contribution is 6.13. The number of furan rings is 1. The van der Waals surface area contributed by atoms with Gasteiger partial charge in [-0.2, -0.15) is 0 Å². The van der Waals surface area contributed by atoms with Crippen LogP contribution < -0.4 is 15.4 Å². The summed E-state index contributed by atoms with van der Waals surface area (Å²) in [4.78, 5) is 25.2. The summed E-state index contributed by atoms with van der Waals surface area (Å²) < 4.78 is 10.9. The molecule has 2 amide bonds. The van der Waals surface area contributed by atoms with E-state index in [1.807, 2.05) is 26.0 Å². The van der Waals surface area contributed by atoms with E-state index in [0.29, 0.717) is 30.0 Å². The topological polar surface area (TPSA) is 80.6 Å². The molecule has 0 aliphatic heterocycles. The van der Waals surface area contributed by atoms with E-state index in [9.17, 15) is 9.59 Å². The first-order valence-electron chi connectivity index (χ1n) is 8.39. The third-order valence-electron chi connectivity index (χ3n) is 4.12. The van der Waals surface area contributed by atoms with Gasteiger partial charge >= 0.3 is 0 Å². The van der Waals surface area contributed by atoms with E-state index in [1.54, 1.807) is 30.5 Å². The molecule has 1 fully saturated rings. The lowest BCUT2D eigenvalue weighted by molar-refractivity contribution is -0.134. The van der Waals surface area contributed by atoms with E-state index >= 15 is 0 Å². The zero-order chi connectivity index (χ0) is 17.9. The molecule has 0 saturated heterocycles. The molecule has 6 heteroatoms. The smallest absolute Gasteiger partial charge is 0.240 e. The molecule has 0 atom stereocenters. The molecule has 1 aliphatic carbocycles. The van der Waals surface area contributed by atoms with Gasteiger partial charge in [0.1, 0.15) is 16.9 Å². The predicted octanol–water partition coefficient (Wildman–Crippen LogP) is 3.10. The molecule has 1 saturated carbocycles. The molecule has 2 N–H and O–H groups in total. The maximum absolute atomic E-state index is 12.7. The van der Waals surface area contributed by atoms with Crippen molar-refractivity contribution < 1.29 is 18.7 Å². The van der Waals surface area contributed by atoms with Crippen LogP contribution in [-0.2, 0) is 16.1 Å². The lowest BCUT2D eigenvalue weighted by Crippen LogP contribution is -2.39. The van der Waals surface area contributed by atoms with Crippen LogP contribution in [0.1, 0.15) is 32.4 Å². The number of amides is 2. The summed E-state index contributed by atoms with van der Waals surface area (Å²) in [5.74, 6) is 0.672. The number of carbonyl (C=O) groups is 2. The second-order valence-electron chi connectivity index (χ2n) is 6.46. The van der Waals surface area contributed by atoms with Crippen LogP contribution in [0.5, 0.6) is 5.75 Å². The molecular formula is C19H22N2O4. The van der Waals surface area contributed by atoms with Crippen LogP contribution in [-0.4, -0.2) is 17.9 Å². The third-order valence-corrected chi connectivity index (χ3v) is 4.12. The second kappa shape index (κ2) is 7.01. The minimum absolute atomic E-state index is 0.00969. The van der Waals surface area contributed by atoms with Gasteiger partial charge in [-0.15, -0.1) is 0 Å². The summed E-state index contributed by atoms with van der Waals surface area (Å²) in [5, 5.41) is 5.62. The summed E-state index contributed by atoms with van der Waals surface area (Å²) in [7, 11) is 0. The summed E-state index contributed by atoms with van der Waals surface area (Å²) in [6.45, 7) is 4.11. The molecule has 1 heterocycles. The molecule has 1 aliphatic rings. The average Bonchev–Trinajstić information content (AvgIpc) is 3.23. The van der Waals surface area contributed by atoms with Gasteiger partial charge in [0.05, 0.1) is 24.6 Å². The van der Waals surface area contributed by atoms with Gasteiger partial charge in [0.2, 0.25) is 11.8 Å². The van der Waals surface area contributed by atoms with Crippen molar-refractivity contribution in [2.75, 3.05) is 5.32 Å². The Balaban J connectivity index is 1.65. The largest absolute Gasteiger partial charge is 0.489 e. The number of hydrogen-bond donors (Lipinski definition) is 2. The summed E-state index contributed by atoms with van der Waals surface area (Å²) in [6.07, 6.45) is 2.61. The van der Waals surface area contributed by atoms with Crippen molar-refractivity contribution in [3.05, 3.63) is 48.4 Å². The molecule has 0 spiro atoms. The average molecular weight is 342 g/mol. The van der Waals surface area contributed by atoms with E-state index in [4.69, 9.17) is 9.15 Å². The lowest BCUT2D eigenvalue weighted by Gasteiger charge is -2.18. The van der Waals surface area contributed by atoms with Crippen molar-refractivity contribution in [3.63, 3.8) is 0 Å².